The number of phenols is 1. The Balaban J connectivity index is 1.61. The third-order valence-electron chi connectivity index (χ3n) is 5.32. The van der Waals surface area contributed by atoms with Crippen LogP contribution in [-0.4, -0.2) is 53.5 Å². The highest BCUT2D eigenvalue weighted by atomic mass is 79.9. The van der Waals surface area contributed by atoms with Gasteiger partial charge in [0.1, 0.15) is 5.75 Å². The molecule has 0 saturated carbocycles. The van der Waals surface area contributed by atoms with Gasteiger partial charge < -0.3 is 20.1 Å². The van der Waals surface area contributed by atoms with Gasteiger partial charge in [0.2, 0.25) is 5.95 Å². The first-order chi connectivity index (χ1) is 17.3. The number of phenolic OH excluding ortho intramolecular Hbond substituents is 1. The highest BCUT2D eigenvalue weighted by molar-refractivity contribution is 9.10. The van der Waals surface area contributed by atoms with Gasteiger partial charge in [-0.25, -0.2) is 14.8 Å². The van der Waals surface area contributed by atoms with Crippen LogP contribution in [0.5, 0.6) is 5.75 Å². The van der Waals surface area contributed by atoms with Crippen molar-refractivity contribution in [1.29, 1.82) is 0 Å². The molecule has 3 aromatic rings. The Morgan fingerprint density at radius 3 is 2.78 bits per heavy atom. The largest absolute Gasteiger partial charge is 0.506 e. The van der Waals surface area contributed by atoms with Crippen LogP contribution in [0.1, 0.15) is 21.5 Å². The molecule has 0 atom stereocenters. The fraction of sp³-hybridized carbons (Fsp3) is 0.217. The maximum atomic E-state index is 14.3. The number of benzene rings is 2. The van der Waals surface area contributed by atoms with Gasteiger partial charge in [-0.2, -0.15) is 10.1 Å². The predicted octanol–water partition coefficient (Wildman–Crippen LogP) is 5.23. The van der Waals surface area contributed by atoms with Crippen molar-refractivity contribution in [2.75, 3.05) is 41.9 Å². The number of morpholine rings is 1. The van der Waals surface area contributed by atoms with Crippen LogP contribution in [0.15, 0.2) is 40.0 Å². The molecule has 2 aromatic carbocycles. The average molecular weight is 598 g/mol. The Morgan fingerprint density at radius 1 is 1.31 bits per heavy atom. The van der Waals surface area contributed by atoms with E-state index in [2.05, 4.69) is 41.7 Å². The smallest absolute Gasteiger partial charge is 0.257 e. The number of carbonyl (C=O) groups excluding carboxylic acids is 1. The summed E-state index contributed by atoms with van der Waals surface area (Å²) in [5, 5.41) is 17.8. The van der Waals surface area contributed by atoms with Crippen molar-refractivity contribution >= 4 is 68.7 Å². The van der Waals surface area contributed by atoms with Crippen LogP contribution < -0.4 is 15.6 Å². The van der Waals surface area contributed by atoms with E-state index in [0.717, 1.165) is 11.8 Å². The molecule has 1 aliphatic heterocycles. The van der Waals surface area contributed by atoms with Gasteiger partial charge in [0.05, 0.1) is 52.5 Å². The minimum atomic E-state index is -0.573. The zero-order valence-electron chi connectivity index (χ0n) is 18.9. The minimum Gasteiger partial charge on any atom is -0.506 e. The molecule has 1 aliphatic rings. The van der Waals surface area contributed by atoms with E-state index in [1.807, 2.05) is 0 Å². The van der Waals surface area contributed by atoms with Crippen molar-refractivity contribution in [3.05, 3.63) is 67.5 Å². The molecule has 0 unspecified atom stereocenters. The second-order valence-electron chi connectivity index (χ2n) is 7.70. The van der Waals surface area contributed by atoms with Gasteiger partial charge >= 0.3 is 0 Å². The van der Waals surface area contributed by atoms with Gasteiger partial charge in [-0.15, -0.1) is 0 Å². The fourth-order valence-corrected chi connectivity index (χ4v) is 4.75. The van der Waals surface area contributed by atoms with Gasteiger partial charge in [-0.3, -0.25) is 4.79 Å². The summed E-state index contributed by atoms with van der Waals surface area (Å²) in [4.78, 5) is 23.0. The summed E-state index contributed by atoms with van der Waals surface area (Å²) < 4.78 is 19.9. The molecule has 0 radical (unpaired) electrons. The number of nitrogens with zero attached hydrogens (tertiary/aromatic N) is 4. The molecule has 0 aliphatic carbocycles. The number of para-hydroxylation sites is 1. The summed E-state index contributed by atoms with van der Waals surface area (Å²) in [6.07, 6.45) is 2.23. The maximum absolute atomic E-state index is 14.3. The summed E-state index contributed by atoms with van der Waals surface area (Å²) in [6.45, 7) is 3.71. The van der Waals surface area contributed by atoms with Crippen molar-refractivity contribution in [3.8, 4) is 5.75 Å². The molecular weight excluding hydrogens is 578 g/mol. The molecule has 1 amide bonds. The number of aryl methyl sites for hydroxylation is 1. The van der Waals surface area contributed by atoms with Crippen molar-refractivity contribution in [2.24, 2.45) is 5.10 Å². The van der Waals surface area contributed by atoms with E-state index in [1.165, 1.54) is 12.3 Å². The highest BCUT2D eigenvalue weighted by Crippen LogP contribution is 2.36. The molecule has 1 aromatic heterocycles. The Kier molecular flexibility index (Phi) is 8.24. The van der Waals surface area contributed by atoms with Crippen molar-refractivity contribution in [2.45, 2.75) is 6.92 Å². The topological polar surface area (TPSA) is 112 Å². The third kappa shape index (κ3) is 5.70. The van der Waals surface area contributed by atoms with Crippen LogP contribution in [0.3, 0.4) is 0 Å². The lowest BCUT2D eigenvalue weighted by Gasteiger charge is -2.27. The Hall–Kier alpha value is -2.99. The number of rotatable bonds is 6. The molecule has 4 rings (SSSR count). The molecule has 2 heterocycles. The van der Waals surface area contributed by atoms with E-state index in [9.17, 15) is 14.3 Å². The standard InChI is InChI=1S/C23H20BrCl2FN6O3/c1-12-3-2-4-15(25)19(12)30-22(35)18-13(20(34)16(26)9-14(18)24)10-29-32-23-28-11-17(27)21(31-23)33-5-7-36-8-6-33/h2-4,9-11,34H,5-8H2,1H3,(H,30,35)(H,28,31,32)/b29-10+. The van der Waals surface area contributed by atoms with Crippen molar-refractivity contribution < 1.29 is 19.0 Å². The van der Waals surface area contributed by atoms with Crippen LogP contribution in [0.25, 0.3) is 0 Å². The predicted molar refractivity (Wildman–Crippen MR) is 141 cm³/mol. The fourth-order valence-electron chi connectivity index (χ4n) is 3.51. The van der Waals surface area contributed by atoms with Gasteiger partial charge in [0.25, 0.3) is 5.91 Å². The molecule has 13 heteroatoms. The van der Waals surface area contributed by atoms with Gasteiger partial charge in [-0.05, 0) is 40.5 Å². The maximum Gasteiger partial charge on any atom is 0.257 e. The van der Waals surface area contributed by atoms with Crippen molar-refractivity contribution in [3.63, 3.8) is 0 Å². The molecule has 9 nitrogen and oxygen atoms in total. The number of hydrazone groups is 1. The van der Waals surface area contributed by atoms with Crippen LogP contribution in [0, 0.1) is 12.7 Å². The monoisotopic (exact) mass is 596 g/mol. The summed E-state index contributed by atoms with van der Waals surface area (Å²) in [5.74, 6) is -1.35. The molecule has 1 fully saturated rings. The highest BCUT2D eigenvalue weighted by Gasteiger charge is 2.22. The second kappa shape index (κ2) is 11.4. The second-order valence-corrected chi connectivity index (χ2v) is 9.37. The average Bonchev–Trinajstić information content (AvgIpc) is 2.86. The lowest BCUT2D eigenvalue weighted by Crippen LogP contribution is -2.37. The molecule has 0 spiro atoms. The first kappa shape index (κ1) is 26.1. The quantitative estimate of drug-likeness (QED) is 0.263. The number of halogens is 4. The van der Waals surface area contributed by atoms with Gasteiger partial charge in [0, 0.05) is 17.6 Å². The van der Waals surface area contributed by atoms with E-state index >= 15 is 0 Å². The summed E-state index contributed by atoms with van der Waals surface area (Å²) in [6, 6.07) is 6.62. The lowest BCUT2D eigenvalue weighted by atomic mass is 10.1. The molecule has 1 saturated heterocycles. The first-order valence-corrected chi connectivity index (χ1v) is 12.2. The molecule has 3 N–H and O–H groups in total. The number of amides is 1. The van der Waals surface area contributed by atoms with Gasteiger partial charge in [-0.1, -0.05) is 35.3 Å². The summed E-state index contributed by atoms with van der Waals surface area (Å²) in [7, 11) is 0. The SMILES string of the molecule is Cc1cccc(Cl)c1NC(=O)c1c(Br)cc(Cl)c(O)c1/C=N/Nc1ncc(F)c(N2CCOCC2)n1. The van der Waals surface area contributed by atoms with E-state index in [1.54, 1.807) is 30.0 Å². The van der Waals surface area contributed by atoms with E-state index in [-0.39, 0.29) is 33.7 Å². The normalized spacial score (nSPS) is 13.8. The number of ether oxygens (including phenoxy) is 1. The molecule has 188 valence electrons. The first-order valence-electron chi connectivity index (χ1n) is 10.7. The Morgan fingerprint density at radius 2 is 2.06 bits per heavy atom. The third-order valence-corrected chi connectivity index (χ3v) is 6.55. The van der Waals surface area contributed by atoms with E-state index < -0.39 is 11.7 Å². The summed E-state index contributed by atoms with van der Waals surface area (Å²) in [5.41, 5.74) is 3.88. The van der Waals surface area contributed by atoms with Crippen LogP contribution >= 0.6 is 39.1 Å². The number of hydrogen-bond donors (Lipinski definition) is 3. The molecular formula is C23H20BrCl2FN6O3. The number of aromatic nitrogens is 2. The van der Waals surface area contributed by atoms with Crippen LogP contribution in [-0.2, 0) is 4.74 Å². The van der Waals surface area contributed by atoms with Crippen LogP contribution in [0.4, 0.5) is 21.8 Å². The van der Waals surface area contributed by atoms with Crippen molar-refractivity contribution in [1.82, 2.24) is 9.97 Å². The number of anilines is 3. The molecule has 36 heavy (non-hydrogen) atoms. The van der Waals surface area contributed by atoms with E-state index in [4.69, 9.17) is 27.9 Å². The number of nitrogens with one attached hydrogen (secondary N) is 2. The Labute approximate surface area is 224 Å². The van der Waals surface area contributed by atoms with E-state index in [0.29, 0.717) is 41.5 Å². The zero-order chi connectivity index (χ0) is 25.8. The number of carbonyl (C=O) groups is 1. The molecule has 0 bridgehead atoms. The van der Waals surface area contributed by atoms with Crippen LogP contribution in [0.2, 0.25) is 10.0 Å². The zero-order valence-corrected chi connectivity index (χ0v) is 22.0. The summed E-state index contributed by atoms with van der Waals surface area (Å²) >= 11 is 15.7. The minimum absolute atomic E-state index is 0.00133. The van der Waals surface area contributed by atoms with Gasteiger partial charge in [0.15, 0.2) is 11.6 Å². The Bertz CT molecular complexity index is 1320. The number of hydrogen-bond acceptors (Lipinski definition) is 8. The number of aromatic hydroxyl groups is 1. The lowest BCUT2D eigenvalue weighted by molar-refractivity contribution is 0.102.